The van der Waals surface area contributed by atoms with E-state index in [0.717, 1.165) is 11.3 Å². The number of carbonyl (C=O) groups excluding carboxylic acids is 1. The first kappa shape index (κ1) is 11.0. The lowest BCUT2D eigenvalue weighted by molar-refractivity contribution is 0.0983. The number of thiophene rings is 1. The molecule has 0 unspecified atom stereocenters. The number of hydrogen-bond donors (Lipinski definition) is 0. The van der Waals surface area contributed by atoms with Crippen LogP contribution in [0.3, 0.4) is 0 Å². The van der Waals surface area contributed by atoms with Crippen molar-refractivity contribution in [2.24, 2.45) is 0 Å². The summed E-state index contributed by atoms with van der Waals surface area (Å²) in [6.45, 7) is 2.01. The summed E-state index contributed by atoms with van der Waals surface area (Å²) in [5.74, 6) is 0.204. The maximum absolute atomic E-state index is 11.8. The Labute approximate surface area is 99.0 Å². The molecule has 0 amide bonds. The first-order valence-electron chi connectivity index (χ1n) is 5.24. The Bertz CT molecular complexity index is 476. The van der Waals surface area contributed by atoms with Crippen molar-refractivity contribution in [3.8, 4) is 0 Å². The Balaban J connectivity index is 1.94. The Kier molecular flexibility index (Phi) is 3.47. The molecule has 82 valence electrons. The number of ketones is 1. The van der Waals surface area contributed by atoms with Crippen LogP contribution in [-0.2, 0) is 6.42 Å². The molecule has 2 nitrogen and oxygen atoms in total. The number of carbonyl (C=O) groups is 1. The van der Waals surface area contributed by atoms with E-state index in [1.165, 1.54) is 4.88 Å². The van der Waals surface area contributed by atoms with Gasteiger partial charge in [-0.15, -0.1) is 11.3 Å². The fourth-order valence-electron chi connectivity index (χ4n) is 1.52. The SMILES string of the molecule is Cc1cc(C(=O)CCc2ccccn2)cs1. The Morgan fingerprint density at radius 2 is 2.31 bits per heavy atom. The van der Waals surface area contributed by atoms with Crippen LogP contribution in [0.25, 0.3) is 0 Å². The molecule has 0 aliphatic carbocycles. The first-order valence-corrected chi connectivity index (χ1v) is 6.12. The predicted octanol–water partition coefficient (Wildman–Crippen LogP) is 3.27. The van der Waals surface area contributed by atoms with Crippen molar-refractivity contribution in [1.82, 2.24) is 4.98 Å². The van der Waals surface area contributed by atoms with E-state index in [9.17, 15) is 4.79 Å². The highest BCUT2D eigenvalue weighted by atomic mass is 32.1. The molecular weight excluding hydrogens is 218 g/mol. The van der Waals surface area contributed by atoms with Gasteiger partial charge in [0.1, 0.15) is 0 Å². The van der Waals surface area contributed by atoms with Crippen LogP contribution < -0.4 is 0 Å². The summed E-state index contributed by atoms with van der Waals surface area (Å²) in [4.78, 5) is 17.2. The largest absolute Gasteiger partial charge is 0.294 e. The van der Waals surface area contributed by atoms with E-state index >= 15 is 0 Å². The number of aryl methyl sites for hydroxylation is 2. The smallest absolute Gasteiger partial charge is 0.164 e. The quantitative estimate of drug-likeness (QED) is 0.756. The zero-order valence-electron chi connectivity index (χ0n) is 9.14. The summed E-state index contributed by atoms with van der Waals surface area (Å²) in [7, 11) is 0. The van der Waals surface area contributed by atoms with Gasteiger partial charge in [-0.2, -0.15) is 0 Å². The Morgan fingerprint density at radius 3 is 2.94 bits per heavy atom. The maximum atomic E-state index is 11.8. The molecule has 0 saturated heterocycles. The van der Waals surface area contributed by atoms with Crippen LogP contribution in [0.2, 0.25) is 0 Å². The fraction of sp³-hybridized carbons (Fsp3) is 0.231. The second kappa shape index (κ2) is 5.03. The van der Waals surface area contributed by atoms with E-state index in [0.29, 0.717) is 12.8 Å². The molecule has 0 N–H and O–H groups in total. The standard InChI is InChI=1S/C13H13NOS/c1-10-8-11(9-16-10)13(15)6-5-12-4-2-3-7-14-12/h2-4,7-9H,5-6H2,1H3. The van der Waals surface area contributed by atoms with Crippen molar-refractivity contribution in [2.45, 2.75) is 19.8 Å². The van der Waals surface area contributed by atoms with Crippen LogP contribution in [0.4, 0.5) is 0 Å². The second-order valence-electron chi connectivity index (χ2n) is 3.69. The van der Waals surface area contributed by atoms with Crippen LogP contribution in [0.1, 0.15) is 27.3 Å². The molecule has 2 aromatic heterocycles. The summed E-state index contributed by atoms with van der Waals surface area (Å²) in [6, 6.07) is 7.73. The highest BCUT2D eigenvalue weighted by Crippen LogP contribution is 2.15. The topological polar surface area (TPSA) is 30.0 Å². The molecule has 0 saturated carbocycles. The number of Topliss-reactive ketones (excluding diaryl/α,β-unsaturated/α-hetero) is 1. The average molecular weight is 231 g/mol. The van der Waals surface area contributed by atoms with Crippen molar-refractivity contribution >= 4 is 17.1 Å². The van der Waals surface area contributed by atoms with Crippen LogP contribution in [-0.4, -0.2) is 10.8 Å². The zero-order valence-corrected chi connectivity index (χ0v) is 9.96. The van der Waals surface area contributed by atoms with E-state index in [-0.39, 0.29) is 5.78 Å². The molecule has 0 aromatic carbocycles. The monoisotopic (exact) mass is 231 g/mol. The predicted molar refractivity (Wildman–Crippen MR) is 65.9 cm³/mol. The minimum Gasteiger partial charge on any atom is -0.294 e. The lowest BCUT2D eigenvalue weighted by Gasteiger charge is -1.98. The molecule has 2 heterocycles. The third-order valence-corrected chi connectivity index (χ3v) is 3.25. The number of nitrogens with zero attached hydrogens (tertiary/aromatic N) is 1. The molecule has 0 spiro atoms. The third kappa shape index (κ3) is 2.76. The van der Waals surface area contributed by atoms with E-state index < -0.39 is 0 Å². The Hall–Kier alpha value is -1.48. The van der Waals surface area contributed by atoms with Crippen molar-refractivity contribution in [1.29, 1.82) is 0 Å². The summed E-state index contributed by atoms with van der Waals surface area (Å²) < 4.78 is 0. The molecule has 0 bridgehead atoms. The highest BCUT2D eigenvalue weighted by molar-refractivity contribution is 7.10. The molecule has 0 radical (unpaired) electrons. The van der Waals surface area contributed by atoms with Crippen molar-refractivity contribution in [2.75, 3.05) is 0 Å². The van der Waals surface area contributed by atoms with Gasteiger partial charge in [0, 0.05) is 34.1 Å². The van der Waals surface area contributed by atoms with E-state index in [1.807, 2.05) is 36.6 Å². The van der Waals surface area contributed by atoms with Crippen molar-refractivity contribution in [3.63, 3.8) is 0 Å². The van der Waals surface area contributed by atoms with Gasteiger partial charge in [-0.25, -0.2) is 0 Å². The Morgan fingerprint density at radius 1 is 1.44 bits per heavy atom. The van der Waals surface area contributed by atoms with Gasteiger partial charge in [0.25, 0.3) is 0 Å². The van der Waals surface area contributed by atoms with Crippen molar-refractivity contribution in [3.05, 3.63) is 52.0 Å². The number of pyridine rings is 1. The van der Waals surface area contributed by atoms with Gasteiger partial charge in [0.15, 0.2) is 5.78 Å². The first-order chi connectivity index (χ1) is 7.75. The van der Waals surface area contributed by atoms with E-state index in [1.54, 1.807) is 17.5 Å². The molecule has 3 heteroatoms. The van der Waals surface area contributed by atoms with Crippen molar-refractivity contribution < 1.29 is 4.79 Å². The lowest BCUT2D eigenvalue weighted by atomic mass is 10.1. The zero-order chi connectivity index (χ0) is 11.4. The highest BCUT2D eigenvalue weighted by Gasteiger charge is 2.07. The van der Waals surface area contributed by atoms with Gasteiger partial charge in [-0.05, 0) is 31.5 Å². The number of hydrogen-bond acceptors (Lipinski definition) is 3. The molecule has 2 rings (SSSR count). The minimum atomic E-state index is 0.204. The van der Waals surface area contributed by atoms with E-state index in [2.05, 4.69) is 4.98 Å². The summed E-state index contributed by atoms with van der Waals surface area (Å²) >= 11 is 1.62. The maximum Gasteiger partial charge on any atom is 0.164 e. The minimum absolute atomic E-state index is 0.204. The van der Waals surface area contributed by atoms with Gasteiger partial charge >= 0.3 is 0 Å². The summed E-state index contributed by atoms with van der Waals surface area (Å²) in [5.41, 5.74) is 1.81. The van der Waals surface area contributed by atoms with Gasteiger partial charge < -0.3 is 0 Å². The number of rotatable bonds is 4. The van der Waals surface area contributed by atoms with E-state index in [4.69, 9.17) is 0 Å². The molecule has 2 aromatic rings. The van der Waals surface area contributed by atoms with Crippen LogP contribution >= 0.6 is 11.3 Å². The molecule has 0 atom stereocenters. The fourth-order valence-corrected chi connectivity index (χ4v) is 2.23. The molecule has 16 heavy (non-hydrogen) atoms. The van der Waals surface area contributed by atoms with Gasteiger partial charge in [-0.3, -0.25) is 9.78 Å². The molecule has 0 aliphatic heterocycles. The summed E-state index contributed by atoms with van der Waals surface area (Å²) in [6.07, 6.45) is 3.01. The normalized spacial score (nSPS) is 10.3. The van der Waals surface area contributed by atoms with Gasteiger partial charge in [0.05, 0.1) is 0 Å². The van der Waals surface area contributed by atoms with Crippen LogP contribution in [0.15, 0.2) is 35.8 Å². The average Bonchev–Trinajstić information content (AvgIpc) is 2.74. The lowest BCUT2D eigenvalue weighted by Crippen LogP contribution is -2.00. The van der Waals surface area contributed by atoms with Crippen LogP contribution in [0, 0.1) is 6.92 Å². The molecule has 0 fully saturated rings. The van der Waals surface area contributed by atoms with Gasteiger partial charge in [0.2, 0.25) is 0 Å². The second-order valence-corrected chi connectivity index (χ2v) is 4.81. The van der Waals surface area contributed by atoms with Crippen LogP contribution in [0.5, 0.6) is 0 Å². The third-order valence-electron chi connectivity index (χ3n) is 2.39. The molecule has 0 aliphatic rings. The van der Waals surface area contributed by atoms with Gasteiger partial charge in [-0.1, -0.05) is 6.07 Å². The summed E-state index contributed by atoms with van der Waals surface area (Å²) in [5, 5.41) is 1.93. The number of aromatic nitrogens is 1. The molecular formula is C13H13NOS.